The average Bonchev–Trinajstić information content (AvgIpc) is 3.18. The molecule has 1 heterocycles. The Morgan fingerprint density at radius 1 is 1.09 bits per heavy atom. The summed E-state index contributed by atoms with van der Waals surface area (Å²) in [7, 11) is 0. The van der Waals surface area contributed by atoms with E-state index in [1.807, 2.05) is 12.1 Å². The quantitative estimate of drug-likeness (QED) is 0.928. The first-order chi connectivity index (χ1) is 10.6. The lowest BCUT2D eigenvalue weighted by Crippen LogP contribution is -2.29. The number of carboxylic acid groups (broad SMARTS) is 1. The largest absolute Gasteiger partial charge is 0.490 e. The highest BCUT2D eigenvalue weighted by atomic mass is 16.5. The highest BCUT2D eigenvalue weighted by Gasteiger charge is 2.31. The smallest absolute Gasteiger partial charge is 0.308 e. The van der Waals surface area contributed by atoms with E-state index in [4.69, 9.17) is 9.84 Å². The van der Waals surface area contributed by atoms with Crippen molar-refractivity contribution in [1.29, 1.82) is 0 Å². The van der Waals surface area contributed by atoms with E-state index in [2.05, 4.69) is 0 Å². The summed E-state index contributed by atoms with van der Waals surface area (Å²) in [6, 6.07) is 7.19. The number of amides is 1. The summed E-state index contributed by atoms with van der Waals surface area (Å²) in [5.41, 5.74) is 0.588. The lowest BCUT2D eigenvalue weighted by Gasteiger charge is -2.17. The van der Waals surface area contributed by atoms with Gasteiger partial charge in [-0.3, -0.25) is 9.59 Å². The van der Waals surface area contributed by atoms with Gasteiger partial charge >= 0.3 is 5.97 Å². The Morgan fingerprint density at radius 3 is 2.36 bits per heavy atom. The summed E-state index contributed by atoms with van der Waals surface area (Å²) in [5.74, 6) is -0.561. The maximum absolute atomic E-state index is 12.4. The molecule has 1 aliphatic heterocycles. The average molecular weight is 303 g/mol. The number of aliphatic carboxylic acids is 1. The Bertz CT molecular complexity index is 548. The molecule has 1 saturated carbocycles. The van der Waals surface area contributed by atoms with Crippen LogP contribution in [0.1, 0.15) is 42.5 Å². The molecule has 5 heteroatoms. The molecule has 1 aromatic rings. The summed E-state index contributed by atoms with van der Waals surface area (Å²) in [6.45, 7) is 0.810. The van der Waals surface area contributed by atoms with E-state index in [1.165, 1.54) is 12.8 Å². The third-order valence-electron chi connectivity index (χ3n) is 4.53. The van der Waals surface area contributed by atoms with Gasteiger partial charge in [0.25, 0.3) is 5.91 Å². The number of carboxylic acids is 1. The minimum atomic E-state index is -0.824. The molecule has 1 aromatic carbocycles. The molecule has 0 spiro atoms. The van der Waals surface area contributed by atoms with Crippen LogP contribution in [0.5, 0.6) is 5.75 Å². The highest BCUT2D eigenvalue weighted by Crippen LogP contribution is 2.25. The first-order valence-electron chi connectivity index (χ1n) is 7.92. The zero-order valence-corrected chi connectivity index (χ0v) is 12.5. The first kappa shape index (κ1) is 14.9. The summed E-state index contributed by atoms with van der Waals surface area (Å²) < 4.78 is 5.88. The van der Waals surface area contributed by atoms with E-state index in [1.54, 1.807) is 17.0 Å². The van der Waals surface area contributed by atoms with Crippen molar-refractivity contribution >= 4 is 11.9 Å². The number of hydrogen-bond acceptors (Lipinski definition) is 3. The van der Waals surface area contributed by atoms with Gasteiger partial charge in [-0.2, -0.15) is 0 Å². The van der Waals surface area contributed by atoms with Crippen molar-refractivity contribution in [3.05, 3.63) is 29.8 Å². The number of nitrogens with zero attached hydrogens (tertiary/aromatic N) is 1. The molecule has 22 heavy (non-hydrogen) atoms. The van der Waals surface area contributed by atoms with Crippen LogP contribution in [-0.2, 0) is 4.79 Å². The van der Waals surface area contributed by atoms with E-state index in [0.29, 0.717) is 31.2 Å². The molecule has 2 aliphatic rings. The molecular weight excluding hydrogens is 282 g/mol. The van der Waals surface area contributed by atoms with Gasteiger partial charge in [-0.05, 0) is 56.4 Å². The third kappa shape index (κ3) is 3.24. The van der Waals surface area contributed by atoms with Crippen molar-refractivity contribution in [2.45, 2.75) is 38.2 Å². The molecule has 3 rings (SSSR count). The second-order valence-corrected chi connectivity index (χ2v) is 6.12. The molecule has 1 amide bonds. The van der Waals surface area contributed by atoms with Gasteiger partial charge in [-0.1, -0.05) is 0 Å². The van der Waals surface area contributed by atoms with Gasteiger partial charge in [0.2, 0.25) is 0 Å². The number of carbonyl (C=O) groups is 2. The second kappa shape index (κ2) is 6.38. The third-order valence-corrected chi connectivity index (χ3v) is 4.53. The van der Waals surface area contributed by atoms with Gasteiger partial charge < -0.3 is 14.7 Å². The van der Waals surface area contributed by atoms with Crippen molar-refractivity contribution < 1.29 is 19.4 Å². The van der Waals surface area contributed by atoms with Crippen LogP contribution in [0, 0.1) is 5.92 Å². The van der Waals surface area contributed by atoms with Crippen LogP contribution in [0.15, 0.2) is 24.3 Å². The Kier molecular flexibility index (Phi) is 4.32. The van der Waals surface area contributed by atoms with Crippen molar-refractivity contribution in [3.8, 4) is 5.75 Å². The van der Waals surface area contributed by atoms with Gasteiger partial charge in [0, 0.05) is 18.7 Å². The van der Waals surface area contributed by atoms with Gasteiger partial charge in [0.05, 0.1) is 12.0 Å². The molecule has 1 saturated heterocycles. The fourth-order valence-electron chi connectivity index (χ4n) is 3.20. The number of carbonyl (C=O) groups excluding carboxylic acids is 1. The summed E-state index contributed by atoms with van der Waals surface area (Å²) >= 11 is 0. The topological polar surface area (TPSA) is 66.8 Å². The van der Waals surface area contributed by atoms with E-state index in [0.717, 1.165) is 18.6 Å². The molecule has 1 aliphatic carbocycles. The summed E-state index contributed by atoms with van der Waals surface area (Å²) in [6.07, 6.45) is 5.48. The Labute approximate surface area is 129 Å². The van der Waals surface area contributed by atoms with Crippen LogP contribution in [0.4, 0.5) is 0 Å². The zero-order valence-electron chi connectivity index (χ0n) is 12.5. The Hall–Kier alpha value is -2.04. The number of ether oxygens (including phenoxy) is 1. The van der Waals surface area contributed by atoms with Crippen LogP contribution in [0.25, 0.3) is 0 Å². The summed E-state index contributed by atoms with van der Waals surface area (Å²) in [4.78, 5) is 24.9. The molecular formula is C17H21NO4. The Balaban J connectivity index is 1.60. The van der Waals surface area contributed by atoms with Crippen molar-refractivity contribution in [2.24, 2.45) is 5.92 Å². The molecule has 2 fully saturated rings. The number of benzene rings is 1. The highest BCUT2D eigenvalue weighted by molar-refractivity contribution is 5.94. The molecule has 118 valence electrons. The van der Waals surface area contributed by atoms with Gasteiger partial charge in [-0.25, -0.2) is 0 Å². The number of rotatable bonds is 4. The van der Waals surface area contributed by atoms with Crippen molar-refractivity contribution in [2.75, 3.05) is 13.1 Å². The minimum Gasteiger partial charge on any atom is -0.490 e. The standard InChI is InChI=1S/C17H21NO4/c19-16(18-10-9-13(11-18)17(20)21)12-5-7-15(8-6-12)22-14-3-1-2-4-14/h5-8,13-14H,1-4,9-11H2,(H,20,21). The maximum Gasteiger partial charge on any atom is 0.308 e. The SMILES string of the molecule is O=C(O)C1CCN(C(=O)c2ccc(OC3CCCC3)cc2)C1. The molecule has 1 unspecified atom stereocenters. The predicted molar refractivity (Wildman–Crippen MR) is 81.0 cm³/mol. The molecule has 0 radical (unpaired) electrons. The van der Waals surface area contributed by atoms with Gasteiger partial charge in [0.15, 0.2) is 0 Å². The molecule has 5 nitrogen and oxygen atoms in total. The maximum atomic E-state index is 12.4. The fourth-order valence-corrected chi connectivity index (χ4v) is 3.20. The van der Waals surface area contributed by atoms with E-state index in [-0.39, 0.29) is 5.91 Å². The normalized spacial score (nSPS) is 22.0. The van der Waals surface area contributed by atoms with Gasteiger partial charge in [0.1, 0.15) is 5.75 Å². The van der Waals surface area contributed by atoms with Crippen molar-refractivity contribution in [3.63, 3.8) is 0 Å². The second-order valence-electron chi connectivity index (χ2n) is 6.12. The van der Waals surface area contributed by atoms with Crippen LogP contribution in [0.3, 0.4) is 0 Å². The number of likely N-dealkylation sites (tertiary alicyclic amines) is 1. The molecule has 1 N–H and O–H groups in total. The summed E-state index contributed by atoms with van der Waals surface area (Å²) in [5, 5.41) is 9.00. The fraction of sp³-hybridized carbons (Fsp3) is 0.529. The van der Waals surface area contributed by atoms with E-state index < -0.39 is 11.9 Å². The van der Waals surface area contributed by atoms with Crippen LogP contribution in [-0.4, -0.2) is 41.1 Å². The van der Waals surface area contributed by atoms with Crippen LogP contribution in [0.2, 0.25) is 0 Å². The molecule has 0 bridgehead atoms. The predicted octanol–water partition coefficient (Wildman–Crippen LogP) is 2.55. The lowest BCUT2D eigenvalue weighted by atomic mass is 10.1. The van der Waals surface area contributed by atoms with Gasteiger partial charge in [-0.15, -0.1) is 0 Å². The monoisotopic (exact) mass is 303 g/mol. The first-order valence-corrected chi connectivity index (χ1v) is 7.92. The zero-order chi connectivity index (χ0) is 15.5. The van der Waals surface area contributed by atoms with E-state index in [9.17, 15) is 9.59 Å². The number of hydrogen-bond donors (Lipinski definition) is 1. The Morgan fingerprint density at radius 2 is 1.77 bits per heavy atom. The van der Waals surface area contributed by atoms with Crippen molar-refractivity contribution in [1.82, 2.24) is 4.90 Å². The molecule has 1 atom stereocenters. The molecule has 0 aromatic heterocycles. The van der Waals surface area contributed by atoms with E-state index >= 15 is 0 Å². The lowest BCUT2D eigenvalue weighted by molar-refractivity contribution is -0.141. The van der Waals surface area contributed by atoms with Crippen LogP contribution < -0.4 is 4.74 Å². The van der Waals surface area contributed by atoms with Crippen LogP contribution >= 0.6 is 0 Å². The minimum absolute atomic E-state index is 0.101.